The molecular weight excluding hydrogens is 587 g/mol. The summed E-state index contributed by atoms with van der Waals surface area (Å²) in [4.78, 5) is 31.2. The molecule has 2 atom stereocenters. The number of piperidine rings is 1. The molecule has 4 saturated heterocycles. The highest BCUT2D eigenvalue weighted by Gasteiger charge is 2.39. The molecule has 0 aromatic carbocycles. The third-order valence-corrected chi connectivity index (χ3v) is 10.0. The first kappa shape index (κ1) is 26.3. The second-order valence-electron chi connectivity index (χ2n) is 10.1. The van der Waals surface area contributed by atoms with Crippen molar-refractivity contribution in [1.82, 2.24) is 25.2 Å². The van der Waals surface area contributed by atoms with Crippen LogP contribution in [0.1, 0.15) is 21.7 Å². The number of halogens is 4. The summed E-state index contributed by atoms with van der Waals surface area (Å²) in [5.41, 5.74) is -0.897. The number of nitrogens with one attached hydrogen (secondary N) is 2. The molecule has 2 bridgehead atoms. The molecule has 5 aliphatic rings. The van der Waals surface area contributed by atoms with E-state index in [-0.39, 0.29) is 33.6 Å². The molecule has 9 nitrogen and oxygen atoms in total. The molecule has 0 saturated carbocycles. The first-order chi connectivity index (χ1) is 19.2. The molecule has 0 aliphatic carbocycles. The van der Waals surface area contributed by atoms with Gasteiger partial charge in [-0.05, 0) is 24.6 Å². The van der Waals surface area contributed by atoms with Crippen LogP contribution < -0.4 is 15.5 Å². The minimum Gasteiger partial charge on any atom is -0.377 e. The summed E-state index contributed by atoms with van der Waals surface area (Å²) >= 11 is 8.93. The first-order valence-corrected chi connectivity index (χ1v) is 15.0. The molecule has 4 fully saturated rings. The second kappa shape index (κ2) is 10.0. The van der Waals surface area contributed by atoms with Crippen LogP contribution in [0.15, 0.2) is 29.3 Å². The molecule has 2 unspecified atom stereocenters. The number of fused-ring (bicyclic) bond motifs is 3. The first-order valence-electron chi connectivity index (χ1n) is 12.8. The molecule has 3 aromatic rings. The van der Waals surface area contributed by atoms with E-state index in [1.807, 2.05) is 6.07 Å². The van der Waals surface area contributed by atoms with Gasteiger partial charge in [-0.2, -0.15) is 13.2 Å². The number of pyridine rings is 1. The number of rotatable bonds is 5. The van der Waals surface area contributed by atoms with Crippen molar-refractivity contribution in [2.24, 2.45) is 0 Å². The lowest BCUT2D eigenvalue weighted by Crippen LogP contribution is -2.67. The number of nitrogens with zero attached hydrogens (tertiary/aromatic N) is 5. The predicted octanol–water partition coefficient (Wildman–Crippen LogP) is 4.51. The Morgan fingerprint density at radius 3 is 2.62 bits per heavy atom. The van der Waals surface area contributed by atoms with Crippen LogP contribution in [0.4, 0.5) is 30.6 Å². The van der Waals surface area contributed by atoms with Crippen molar-refractivity contribution >= 4 is 58.1 Å². The number of ether oxygens (including phenoxy) is 1. The van der Waals surface area contributed by atoms with Gasteiger partial charge in [0.2, 0.25) is 5.95 Å². The maximum absolute atomic E-state index is 14.0. The maximum atomic E-state index is 14.0. The molecule has 1 amide bonds. The Bertz CT molecular complexity index is 1470. The number of amides is 1. The van der Waals surface area contributed by atoms with Crippen molar-refractivity contribution < 1.29 is 22.7 Å². The van der Waals surface area contributed by atoms with Gasteiger partial charge in [0.1, 0.15) is 16.3 Å². The van der Waals surface area contributed by atoms with Crippen LogP contribution in [-0.2, 0) is 10.9 Å². The summed E-state index contributed by atoms with van der Waals surface area (Å²) < 4.78 is 47.3. The lowest BCUT2D eigenvalue weighted by molar-refractivity contribution is -0.137. The standard InChI is InChI=1S/C25H23ClF3N7O2S2/c26-22-16(1-2-19(33-22)35-8-12-5-13(9-35)31-12)32-24-30-7-15(25(27,28)29)20(34-24)17-6-18-21(40-17)23(37)36(3-4-39-18)14-10-38-11-14/h1-2,6-7,12-14,31H,3-5,8-11H2,(H,30,32,34). The molecular formula is C25H23ClF3N7O2S2. The summed E-state index contributed by atoms with van der Waals surface area (Å²) in [5, 5.41) is 6.56. The number of anilines is 3. The average molecular weight is 610 g/mol. The third-order valence-electron chi connectivity index (χ3n) is 7.46. The predicted molar refractivity (Wildman–Crippen MR) is 147 cm³/mol. The molecule has 0 spiro atoms. The fraction of sp³-hybridized carbons (Fsp3) is 0.440. The van der Waals surface area contributed by atoms with Gasteiger partial charge in [0.25, 0.3) is 5.91 Å². The zero-order valence-corrected chi connectivity index (χ0v) is 23.3. The van der Waals surface area contributed by atoms with E-state index in [0.717, 1.165) is 42.9 Å². The van der Waals surface area contributed by atoms with Gasteiger partial charge in [0.05, 0.1) is 35.5 Å². The quantitative estimate of drug-likeness (QED) is 0.405. The molecule has 0 radical (unpaired) electrons. The summed E-state index contributed by atoms with van der Waals surface area (Å²) in [7, 11) is 0. The molecule has 8 rings (SSSR count). The highest BCUT2D eigenvalue weighted by atomic mass is 35.5. The Labute approximate surface area is 240 Å². The van der Waals surface area contributed by atoms with Gasteiger partial charge < -0.3 is 25.2 Å². The van der Waals surface area contributed by atoms with Crippen LogP contribution in [0.25, 0.3) is 10.6 Å². The minimum absolute atomic E-state index is 0.00722. The lowest BCUT2D eigenvalue weighted by atomic mass is 9.91. The monoisotopic (exact) mass is 609 g/mol. The maximum Gasteiger partial charge on any atom is 0.420 e. The third kappa shape index (κ3) is 4.79. The number of thioether (sulfide) groups is 1. The second-order valence-corrected chi connectivity index (χ2v) is 12.7. The van der Waals surface area contributed by atoms with E-state index >= 15 is 0 Å². The number of aromatic nitrogens is 3. The molecule has 3 aromatic heterocycles. The van der Waals surface area contributed by atoms with Gasteiger partial charge in [-0.25, -0.2) is 15.0 Å². The van der Waals surface area contributed by atoms with Crippen LogP contribution in [0.5, 0.6) is 0 Å². The topological polar surface area (TPSA) is 95.5 Å². The fourth-order valence-corrected chi connectivity index (χ4v) is 7.85. The van der Waals surface area contributed by atoms with E-state index in [4.69, 9.17) is 16.3 Å². The van der Waals surface area contributed by atoms with Gasteiger partial charge in [-0.3, -0.25) is 4.79 Å². The van der Waals surface area contributed by atoms with E-state index in [1.165, 1.54) is 11.8 Å². The van der Waals surface area contributed by atoms with Gasteiger partial charge in [0.15, 0.2) is 5.15 Å². The Balaban J connectivity index is 1.18. The SMILES string of the molecule is O=C1c2sc(-c3nc(Nc4ccc(N5CC6CC(C5)N6)nc4Cl)ncc3C(F)(F)F)cc2SCCN1C1COC1. The highest BCUT2D eigenvalue weighted by molar-refractivity contribution is 7.99. The summed E-state index contributed by atoms with van der Waals surface area (Å²) in [5.74, 6) is 1.14. The van der Waals surface area contributed by atoms with Gasteiger partial charge in [-0.15, -0.1) is 23.1 Å². The molecule has 40 heavy (non-hydrogen) atoms. The molecule has 210 valence electrons. The molecule has 8 heterocycles. The Kier molecular flexibility index (Phi) is 6.57. The summed E-state index contributed by atoms with van der Waals surface area (Å²) in [6.07, 6.45) is -2.77. The van der Waals surface area contributed by atoms with Gasteiger partial charge in [-0.1, -0.05) is 11.6 Å². The van der Waals surface area contributed by atoms with Crippen LogP contribution in [-0.4, -0.2) is 82.5 Å². The van der Waals surface area contributed by atoms with E-state index in [2.05, 4.69) is 30.5 Å². The fourth-order valence-electron chi connectivity index (χ4n) is 5.34. The summed E-state index contributed by atoms with van der Waals surface area (Å²) in [6.45, 7) is 3.19. The van der Waals surface area contributed by atoms with Crippen molar-refractivity contribution in [3.63, 3.8) is 0 Å². The Morgan fingerprint density at radius 1 is 1.18 bits per heavy atom. The number of hydrogen-bond donors (Lipinski definition) is 2. The molecule has 5 aliphatic heterocycles. The number of carbonyl (C=O) groups excluding carboxylic acids is 1. The van der Waals surface area contributed by atoms with Crippen molar-refractivity contribution in [2.75, 3.05) is 48.8 Å². The van der Waals surface area contributed by atoms with Gasteiger partial charge in [0, 0.05) is 48.6 Å². The minimum atomic E-state index is -4.69. The van der Waals surface area contributed by atoms with Crippen LogP contribution in [0, 0.1) is 0 Å². The normalized spacial score (nSPS) is 22.9. The smallest absolute Gasteiger partial charge is 0.377 e. The number of piperazine rings is 1. The van der Waals surface area contributed by atoms with Crippen molar-refractivity contribution in [2.45, 2.75) is 35.6 Å². The van der Waals surface area contributed by atoms with Gasteiger partial charge >= 0.3 is 6.18 Å². The Hall–Kier alpha value is -2.65. The average Bonchev–Trinajstić information content (AvgIpc) is 3.25. The zero-order valence-electron chi connectivity index (χ0n) is 20.9. The Morgan fingerprint density at radius 2 is 1.95 bits per heavy atom. The van der Waals surface area contributed by atoms with E-state index < -0.39 is 11.7 Å². The van der Waals surface area contributed by atoms with Crippen molar-refractivity contribution in [3.05, 3.63) is 40.0 Å². The highest BCUT2D eigenvalue weighted by Crippen LogP contribution is 2.44. The number of thiophene rings is 1. The van der Waals surface area contributed by atoms with Crippen LogP contribution in [0.2, 0.25) is 5.15 Å². The number of alkyl halides is 3. The van der Waals surface area contributed by atoms with E-state index in [0.29, 0.717) is 53.1 Å². The number of hydrogen-bond acceptors (Lipinski definition) is 10. The molecule has 15 heteroatoms. The van der Waals surface area contributed by atoms with E-state index in [9.17, 15) is 18.0 Å². The number of carbonyl (C=O) groups is 1. The molecule has 2 N–H and O–H groups in total. The van der Waals surface area contributed by atoms with Crippen LogP contribution in [0.3, 0.4) is 0 Å². The van der Waals surface area contributed by atoms with Crippen molar-refractivity contribution in [3.8, 4) is 10.6 Å². The lowest BCUT2D eigenvalue weighted by Gasteiger charge is -2.48. The summed E-state index contributed by atoms with van der Waals surface area (Å²) in [6, 6.07) is 6.06. The zero-order chi connectivity index (χ0) is 27.6. The van der Waals surface area contributed by atoms with E-state index in [1.54, 1.807) is 17.0 Å². The van der Waals surface area contributed by atoms with Crippen molar-refractivity contribution in [1.29, 1.82) is 0 Å². The largest absolute Gasteiger partial charge is 0.420 e. The van der Waals surface area contributed by atoms with Crippen LogP contribution >= 0.6 is 34.7 Å².